The molecule has 2 aliphatic rings. The molecule has 0 bridgehead atoms. The van der Waals surface area contributed by atoms with Crippen LogP contribution in [-0.4, -0.2) is 83.0 Å². The third kappa shape index (κ3) is 8.29. The molecule has 4 rings (SSSR count). The van der Waals surface area contributed by atoms with Crippen LogP contribution in [0.2, 0.25) is 0 Å². The van der Waals surface area contributed by atoms with Crippen molar-refractivity contribution in [1.29, 1.82) is 0 Å². The van der Waals surface area contributed by atoms with Crippen LogP contribution in [0.1, 0.15) is 44.2 Å². The maximum Gasteiger partial charge on any atom is 0.423 e. The Balaban J connectivity index is 0.000000222. The zero-order chi connectivity index (χ0) is 29.5. The Bertz CT molecular complexity index is 1160. The lowest BCUT2D eigenvalue weighted by atomic mass is 10.1. The van der Waals surface area contributed by atoms with Gasteiger partial charge in [0, 0.05) is 65.2 Å². The predicted molar refractivity (Wildman–Crippen MR) is 133 cm³/mol. The SMILES string of the molecule is CC(=O)N1CCN(c2ncc(C(F)(F)F)cn2)CC1.CCCN(CC1CCCO1)c1cn[nH]c(=O)c1C(F)(F)F. The Morgan fingerprint density at radius 1 is 1.07 bits per heavy atom. The summed E-state index contributed by atoms with van der Waals surface area (Å²) in [5.41, 5.74) is -3.44. The highest BCUT2D eigenvalue weighted by molar-refractivity contribution is 5.73. The van der Waals surface area contributed by atoms with E-state index >= 15 is 0 Å². The zero-order valence-electron chi connectivity index (χ0n) is 22.1. The third-order valence-electron chi connectivity index (χ3n) is 6.38. The largest absolute Gasteiger partial charge is 0.423 e. The van der Waals surface area contributed by atoms with E-state index in [-0.39, 0.29) is 23.6 Å². The van der Waals surface area contributed by atoms with Crippen molar-refractivity contribution in [1.82, 2.24) is 25.1 Å². The standard InChI is InChI=1S/C13H18F3N3O2.C11H13F3N4O/c1-2-5-19(8-9-4-3-6-21-9)10-7-17-18-12(20)11(10)13(14,15)16;1-8(19)17-2-4-18(5-3-17)10-15-6-9(7-16-10)11(12,13)14/h7,9H,2-6,8H2,1H3,(H,18,20);6-7H,2-5H2,1H3. The maximum absolute atomic E-state index is 13.1. The fourth-order valence-electron chi connectivity index (χ4n) is 4.37. The lowest BCUT2D eigenvalue weighted by Gasteiger charge is -2.34. The van der Waals surface area contributed by atoms with Crippen LogP contribution in [0.5, 0.6) is 0 Å². The Labute approximate surface area is 226 Å². The molecule has 0 radical (unpaired) electrons. The van der Waals surface area contributed by atoms with E-state index in [9.17, 15) is 35.9 Å². The molecule has 0 aliphatic carbocycles. The van der Waals surface area contributed by atoms with Crippen LogP contribution in [0.4, 0.5) is 38.0 Å². The highest BCUT2D eigenvalue weighted by atomic mass is 19.4. The van der Waals surface area contributed by atoms with E-state index in [1.165, 1.54) is 6.92 Å². The third-order valence-corrected chi connectivity index (χ3v) is 6.38. The van der Waals surface area contributed by atoms with Crippen LogP contribution in [0.3, 0.4) is 0 Å². The molecule has 1 unspecified atom stereocenters. The minimum absolute atomic E-state index is 0.00649. The van der Waals surface area contributed by atoms with E-state index in [4.69, 9.17) is 4.74 Å². The zero-order valence-corrected chi connectivity index (χ0v) is 22.1. The molecule has 40 heavy (non-hydrogen) atoms. The average Bonchev–Trinajstić information content (AvgIpc) is 3.41. The number of carbonyl (C=O) groups excluding carboxylic acids is 1. The van der Waals surface area contributed by atoms with Crippen LogP contribution in [0, 0.1) is 0 Å². The molecule has 4 heterocycles. The van der Waals surface area contributed by atoms with Crippen LogP contribution in [0.15, 0.2) is 23.4 Å². The smallest absolute Gasteiger partial charge is 0.376 e. The topological polar surface area (TPSA) is 108 Å². The molecule has 0 spiro atoms. The molecule has 10 nitrogen and oxygen atoms in total. The second-order valence-electron chi connectivity index (χ2n) is 9.30. The van der Waals surface area contributed by atoms with Gasteiger partial charge in [0.1, 0.15) is 5.56 Å². The van der Waals surface area contributed by atoms with E-state index < -0.39 is 29.0 Å². The van der Waals surface area contributed by atoms with Crippen molar-refractivity contribution in [3.05, 3.63) is 40.1 Å². The molecule has 2 aliphatic heterocycles. The number of anilines is 2. The van der Waals surface area contributed by atoms with Gasteiger partial charge in [-0.1, -0.05) is 6.92 Å². The van der Waals surface area contributed by atoms with E-state index in [1.807, 2.05) is 12.0 Å². The van der Waals surface area contributed by atoms with E-state index in [0.717, 1.165) is 31.4 Å². The first-order chi connectivity index (χ1) is 18.8. The quantitative estimate of drug-likeness (QED) is 0.520. The first-order valence-electron chi connectivity index (χ1n) is 12.7. The molecule has 16 heteroatoms. The van der Waals surface area contributed by atoms with E-state index in [2.05, 4.69) is 15.1 Å². The number of aromatic nitrogens is 4. The van der Waals surface area contributed by atoms with Gasteiger partial charge in [-0.2, -0.15) is 31.4 Å². The molecule has 2 aromatic rings. The van der Waals surface area contributed by atoms with Crippen molar-refractivity contribution in [3.63, 3.8) is 0 Å². The summed E-state index contributed by atoms with van der Waals surface area (Å²) >= 11 is 0. The van der Waals surface area contributed by atoms with Gasteiger partial charge in [0.15, 0.2) is 0 Å². The number of carbonyl (C=O) groups is 1. The predicted octanol–water partition coefficient (Wildman–Crippen LogP) is 3.35. The lowest BCUT2D eigenvalue weighted by molar-refractivity contribution is -0.139. The average molecular weight is 580 g/mol. The number of aromatic amines is 1. The van der Waals surface area contributed by atoms with Crippen molar-refractivity contribution in [2.45, 2.75) is 51.6 Å². The number of ether oxygens (including phenoxy) is 1. The normalized spacial score (nSPS) is 17.9. The molecule has 2 aromatic heterocycles. The number of piperazine rings is 1. The van der Waals surface area contributed by atoms with Gasteiger partial charge in [-0.15, -0.1) is 0 Å². The fraction of sp³-hybridized carbons (Fsp3) is 0.625. The fourth-order valence-corrected chi connectivity index (χ4v) is 4.37. The molecule has 1 atom stereocenters. The number of alkyl halides is 6. The van der Waals surface area contributed by atoms with Crippen LogP contribution in [0.25, 0.3) is 0 Å². The van der Waals surface area contributed by atoms with Gasteiger partial charge < -0.3 is 19.4 Å². The summed E-state index contributed by atoms with van der Waals surface area (Å²) < 4.78 is 81.9. The second-order valence-corrected chi connectivity index (χ2v) is 9.30. The number of halogens is 6. The van der Waals surface area contributed by atoms with Gasteiger partial charge in [0.25, 0.3) is 5.56 Å². The molecule has 1 amide bonds. The first kappa shape index (κ1) is 31.1. The van der Waals surface area contributed by atoms with E-state index in [1.54, 1.807) is 14.7 Å². The van der Waals surface area contributed by atoms with Gasteiger partial charge in [0.2, 0.25) is 11.9 Å². The number of H-pyrrole nitrogens is 1. The van der Waals surface area contributed by atoms with Crippen LogP contribution < -0.4 is 15.4 Å². The van der Waals surface area contributed by atoms with Gasteiger partial charge in [0.05, 0.1) is 23.6 Å². The van der Waals surface area contributed by atoms with E-state index in [0.29, 0.717) is 52.3 Å². The molecule has 0 saturated carbocycles. The van der Waals surface area contributed by atoms with Crippen molar-refractivity contribution in [2.24, 2.45) is 0 Å². The monoisotopic (exact) mass is 579 g/mol. The number of nitrogens with one attached hydrogen (secondary N) is 1. The van der Waals surface area contributed by atoms with Crippen LogP contribution in [-0.2, 0) is 21.9 Å². The van der Waals surface area contributed by atoms with Gasteiger partial charge in [-0.25, -0.2) is 15.1 Å². The Hall–Kier alpha value is -3.43. The summed E-state index contributed by atoms with van der Waals surface area (Å²) in [6.07, 6.45) is -4.23. The summed E-state index contributed by atoms with van der Waals surface area (Å²) in [4.78, 5) is 35.1. The maximum atomic E-state index is 13.1. The molecule has 1 N–H and O–H groups in total. The van der Waals surface area contributed by atoms with Gasteiger partial charge in [-0.3, -0.25) is 9.59 Å². The molecule has 0 aromatic carbocycles. The Kier molecular flexibility index (Phi) is 10.3. The first-order valence-corrected chi connectivity index (χ1v) is 12.7. The molecule has 222 valence electrons. The lowest BCUT2D eigenvalue weighted by Crippen LogP contribution is -2.48. The van der Waals surface area contributed by atoms with Crippen molar-refractivity contribution < 1.29 is 35.9 Å². The highest BCUT2D eigenvalue weighted by Gasteiger charge is 2.39. The summed E-state index contributed by atoms with van der Waals surface area (Å²) in [5, 5.41) is 5.37. The number of hydrogen-bond donors (Lipinski definition) is 1. The summed E-state index contributed by atoms with van der Waals surface area (Å²) in [6.45, 7) is 6.83. The molecule has 2 fully saturated rings. The molecular weight excluding hydrogens is 548 g/mol. The molecule has 2 saturated heterocycles. The van der Waals surface area contributed by atoms with Crippen molar-refractivity contribution in [2.75, 3.05) is 55.7 Å². The van der Waals surface area contributed by atoms with Gasteiger partial charge in [-0.05, 0) is 19.3 Å². The number of nitrogens with zero attached hydrogens (tertiary/aromatic N) is 6. The Morgan fingerprint density at radius 3 is 2.23 bits per heavy atom. The minimum Gasteiger partial charge on any atom is -0.376 e. The van der Waals surface area contributed by atoms with Gasteiger partial charge >= 0.3 is 12.4 Å². The number of amides is 1. The molecular formula is C24H31F6N7O3. The van der Waals surface area contributed by atoms with Crippen molar-refractivity contribution >= 4 is 17.5 Å². The summed E-state index contributed by atoms with van der Waals surface area (Å²) in [6, 6.07) is 0. The highest BCUT2D eigenvalue weighted by Crippen LogP contribution is 2.34. The summed E-state index contributed by atoms with van der Waals surface area (Å²) in [7, 11) is 0. The van der Waals surface area contributed by atoms with Crippen molar-refractivity contribution in [3.8, 4) is 0 Å². The number of rotatable bonds is 6. The van der Waals surface area contributed by atoms with Crippen LogP contribution >= 0.6 is 0 Å². The Morgan fingerprint density at radius 2 is 1.73 bits per heavy atom. The summed E-state index contributed by atoms with van der Waals surface area (Å²) in [5.74, 6) is 0.254. The number of hydrogen-bond acceptors (Lipinski definition) is 8. The minimum atomic E-state index is -4.71. The second kappa shape index (κ2) is 13.3.